The van der Waals surface area contributed by atoms with E-state index in [0.717, 1.165) is 55.5 Å². The van der Waals surface area contributed by atoms with Gasteiger partial charge in [-0.25, -0.2) is 0 Å². The van der Waals surface area contributed by atoms with E-state index in [-0.39, 0.29) is 0 Å². The first-order valence-corrected chi connectivity index (χ1v) is 27.1. The van der Waals surface area contributed by atoms with Gasteiger partial charge in [-0.2, -0.15) is 0 Å². The summed E-state index contributed by atoms with van der Waals surface area (Å²) in [5.41, 5.74) is 21.1. The number of nitrogens with zero attached hydrogens (tertiary/aromatic N) is 1. The second-order valence-corrected chi connectivity index (χ2v) is 21.0. The quantitative estimate of drug-likeness (QED) is 0.141. The summed E-state index contributed by atoms with van der Waals surface area (Å²) in [6.07, 6.45) is 0. The lowest BCUT2D eigenvalue weighted by Crippen LogP contribution is -2.29. The molecule has 13 aromatic carbocycles. The highest BCUT2D eigenvalue weighted by Gasteiger charge is 2.48. The van der Waals surface area contributed by atoms with Crippen LogP contribution in [0.4, 0.5) is 17.1 Å². The topological polar surface area (TPSA) is 16.4 Å². The van der Waals surface area contributed by atoms with Crippen LogP contribution in [-0.2, 0) is 10.8 Å². The molecule has 16 rings (SSSR count). The van der Waals surface area contributed by atoms with Crippen molar-refractivity contribution in [2.24, 2.45) is 0 Å². The third-order valence-electron chi connectivity index (χ3n) is 17.2. The Labute approximate surface area is 453 Å². The molecule has 2 heteroatoms. The summed E-state index contributed by atoms with van der Waals surface area (Å²) in [7, 11) is 0. The molecule has 0 fully saturated rings. The molecule has 0 radical (unpaired) electrons. The number of rotatable bonds is 8. The third-order valence-corrected chi connectivity index (χ3v) is 17.2. The monoisotopic (exact) mass is 991 g/mol. The van der Waals surface area contributed by atoms with Gasteiger partial charge in [0.15, 0.2) is 0 Å². The van der Waals surface area contributed by atoms with Gasteiger partial charge in [0, 0.05) is 38.8 Å². The Balaban J connectivity index is 0.930. The van der Waals surface area contributed by atoms with Crippen LogP contribution in [0.25, 0.3) is 76.9 Å². The minimum atomic E-state index is -0.571. The summed E-state index contributed by atoms with van der Waals surface area (Å²) < 4.78 is 7.09. The predicted octanol–water partition coefficient (Wildman–Crippen LogP) is 19.8. The van der Waals surface area contributed by atoms with Crippen molar-refractivity contribution in [2.75, 3.05) is 4.90 Å². The SMILES string of the molecule is c1ccc(C2(c3ccccc3)c3ccccc3-c3ccc(N(c4ccc(-c5cccc6c5oc5c6ccc6ccc7ccccc7c65)cc4)c4ccc5c(c4)C(c4ccccc4)(c4ccccc4)c4ccccc4-5)cc32)cc1. The van der Waals surface area contributed by atoms with Gasteiger partial charge in [0.1, 0.15) is 11.2 Å². The van der Waals surface area contributed by atoms with Crippen molar-refractivity contribution >= 4 is 60.5 Å². The fourth-order valence-corrected chi connectivity index (χ4v) is 14.0. The van der Waals surface area contributed by atoms with E-state index in [4.69, 9.17) is 4.42 Å². The van der Waals surface area contributed by atoms with Gasteiger partial charge >= 0.3 is 0 Å². The van der Waals surface area contributed by atoms with E-state index in [1.54, 1.807) is 0 Å². The molecule has 0 aliphatic heterocycles. The maximum absolute atomic E-state index is 7.09. The van der Waals surface area contributed by atoms with Crippen molar-refractivity contribution in [3.8, 4) is 33.4 Å². The zero-order valence-corrected chi connectivity index (χ0v) is 42.6. The third kappa shape index (κ3) is 6.26. The molecule has 0 saturated heterocycles. The molecule has 1 aromatic heterocycles. The minimum absolute atomic E-state index is 0.571. The summed E-state index contributed by atoms with van der Waals surface area (Å²) in [6, 6.07) is 110. The number of hydrogen-bond acceptors (Lipinski definition) is 2. The van der Waals surface area contributed by atoms with E-state index < -0.39 is 10.8 Å². The number of hydrogen-bond donors (Lipinski definition) is 0. The van der Waals surface area contributed by atoms with Gasteiger partial charge in [-0.15, -0.1) is 0 Å². The maximum atomic E-state index is 7.09. The average Bonchev–Trinajstić information content (AvgIpc) is 4.34. The molecule has 0 spiro atoms. The van der Waals surface area contributed by atoms with Crippen molar-refractivity contribution in [1.82, 2.24) is 0 Å². The number of fused-ring (bicyclic) bond motifs is 13. The summed E-state index contributed by atoms with van der Waals surface area (Å²) in [5, 5.41) is 6.97. The van der Waals surface area contributed by atoms with Crippen molar-refractivity contribution in [2.45, 2.75) is 10.8 Å². The predicted molar refractivity (Wildman–Crippen MR) is 323 cm³/mol. The Kier molecular flexibility index (Phi) is 9.80. The normalized spacial score (nSPS) is 13.6. The molecule has 0 amide bonds. The Morgan fingerprint density at radius 1 is 0.256 bits per heavy atom. The van der Waals surface area contributed by atoms with E-state index in [9.17, 15) is 0 Å². The molecule has 0 bridgehead atoms. The molecule has 14 aromatic rings. The lowest BCUT2D eigenvalue weighted by Gasteiger charge is -2.36. The van der Waals surface area contributed by atoms with Crippen LogP contribution in [0, 0.1) is 0 Å². The lowest BCUT2D eigenvalue weighted by molar-refractivity contribution is 0.674. The highest BCUT2D eigenvalue weighted by molar-refractivity contribution is 6.24. The van der Waals surface area contributed by atoms with Crippen LogP contribution in [0.5, 0.6) is 0 Å². The first-order chi connectivity index (χ1) is 38.7. The molecule has 2 aliphatic rings. The molecule has 0 unspecified atom stereocenters. The number of furan rings is 1. The van der Waals surface area contributed by atoms with E-state index in [1.807, 2.05) is 0 Å². The first kappa shape index (κ1) is 44.3. The number of para-hydroxylation sites is 1. The second kappa shape index (κ2) is 17.3. The molecule has 1 heterocycles. The van der Waals surface area contributed by atoms with Gasteiger partial charge < -0.3 is 9.32 Å². The molecule has 0 N–H and O–H groups in total. The van der Waals surface area contributed by atoms with Gasteiger partial charge in [-0.05, 0) is 131 Å². The van der Waals surface area contributed by atoms with Crippen molar-refractivity contribution in [1.29, 1.82) is 0 Å². The molecular weight excluding hydrogens is 943 g/mol. The second-order valence-electron chi connectivity index (χ2n) is 21.0. The first-order valence-electron chi connectivity index (χ1n) is 27.1. The number of anilines is 3. The fraction of sp³-hybridized carbons (Fsp3) is 0.0263. The van der Waals surface area contributed by atoms with Crippen LogP contribution < -0.4 is 4.90 Å². The van der Waals surface area contributed by atoms with E-state index in [2.05, 4.69) is 302 Å². The van der Waals surface area contributed by atoms with Crippen LogP contribution in [0.1, 0.15) is 44.5 Å². The Morgan fingerprint density at radius 2 is 0.667 bits per heavy atom. The fourth-order valence-electron chi connectivity index (χ4n) is 14.0. The van der Waals surface area contributed by atoms with Crippen molar-refractivity contribution in [3.05, 3.63) is 342 Å². The molecule has 364 valence electrons. The Hall–Kier alpha value is -10.0. The van der Waals surface area contributed by atoms with Gasteiger partial charge in [0.25, 0.3) is 0 Å². The smallest absolute Gasteiger partial charge is 0.143 e. The van der Waals surface area contributed by atoms with Crippen molar-refractivity contribution in [3.63, 3.8) is 0 Å². The van der Waals surface area contributed by atoms with E-state index in [0.29, 0.717) is 0 Å². The van der Waals surface area contributed by atoms with Crippen LogP contribution in [0.2, 0.25) is 0 Å². The van der Waals surface area contributed by atoms with Gasteiger partial charge in [-0.3, -0.25) is 0 Å². The van der Waals surface area contributed by atoms with Crippen LogP contribution >= 0.6 is 0 Å². The molecule has 78 heavy (non-hydrogen) atoms. The highest BCUT2D eigenvalue weighted by atomic mass is 16.3. The highest BCUT2D eigenvalue weighted by Crippen LogP contribution is 2.60. The van der Waals surface area contributed by atoms with Gasteiger partial charge in [-0.1, -0.05) is 255 Å². The van der Waals surface area contributed by atoms with E-state index >= 15 is 0 Å². The molecule has 0 atom stereocenters. The average molecular weight is 992 g/mol. The van der Waals surface area contributed by atoms with Crippen LogP contribution in [0.15, 0.2) is 302 Å². The Bertz CT molecular complexity index is 4390. The standard InChI is InChI=1S/C76H49NO/c1-5-21-53(22-6-1)75(54-23-7-2-8-24-54)68-34-17-15-30-62(68)64-46-43-58(48-70(64)75)77(59-44-47-65-63-31-16-18-35-69(63)76(71(65)49-59,55-25-9-3-10-26-55)56-27-11-4-12-28-56)57-41-38-51(39-42-57)61-32-19-33-66-67-45-40-52-37-36-50-20-13-14-29-60(50)72(52)74(67)78-73(61)66/h1-49H. The molecule has 2 nitrogen and oxygen atoms in total. The van der Waals surface area contributed by atoms with Crippen molar-refractivity contribution < 1.29 is 4.42 Å². The number of benzene rings is 13. The molecule has 2 aliphatic carbocycles. The summed E-state index contributed by atoms with van der Waals surface area (Å²) in [6.45, 7) is 0. The zero-order chi connectivity index (χ0) is 51.4. The molecule has 0 saturated carbocycles. The maximum Gasteiger partial charge on any atom is 0.143 e. The summed E-state index contributed by atoms with van der Waals surface area (Å²) in [5.74, 6) is 0. The summed E-state index contributed by atoms with van der Waals surface area (Å²) in [4.78, 5) is 2.48. The van der Waals surface area contributed by atoms with Gasteiger partial charge in [0.2, 0.25) is 0 Å². The van der Waals surface area contributed by atoms with Gasteiger partial charge in [0.05, 0.1) is 10.8 Å². The largest absolute Gasteiger partial charge is 0.455 e. The van der Waals surface area contributed by atoms with Crippen LogP contribution in [0.3, 0.4) is 0 Å². The minimum Gasteiger partial charge on any atom is -0.455 e. The molecular formula is C76H49NO. The Morgan fingerprint density at radius 3 is 1.22 bits per heavy atom. The van der Waals surface area contributed by atoms with Crippen LogP contribution in [-0.4, -0.2) is 0 Å². The zero-order valence-electron chi connectivity index (χ0n) is 42.6. The van der Waals surface area contributed by atoms with E-state index in [1.165, 1.54) is 82.9 Å². The summed E-state index contributed by atoms with van der Waals surface area (Å²) >= 11 is 0. The lowest BCUT2D eigenvalue weighted by atomic mass is 9.67.